The second-order valence-corrected chi connectivity index (χ2v) is 8.58. The molecule has 1 atom stereocenters. The Morgan fingerprint density at radius 1 is 1.14 bits per heavy atom. The molecule has 0 saturated carbocycles. The normalized spacial score (nSPS) is 17.8. The molecule has 6 heteroatoms. The molecular weight excluding hydrogens is 385 g/mol. The summed E-state index contributed by atoms with van der Waals surface area (Å²) in [5, 5.41) is 0. The van der Waals surface area contributed by atoms with Gasteiger partial charge in [-0.15, -0.1) is 0 Å². The summed E-state index contributed by atoms with van der Waals surface area (Å²) in [6.45, 7) is 2.09. The summed E-state index contributed by atoms with van der Waals surface area (Å²) in [7, 11) is -1.14. The van der Waals surface area contributed by atoms with E-state index in [4.69, 9.17) is 4.99 Å². The molecule has 4 nitrogen and oxygen atoms in total. The minimum absolute atomic E-state index is 0.0710. The maximum atomic E-state index is 13.4. The molecule has 1 aliphatic heterocycles. The SMILES string of the molecule is CC1=CN=C(c2cccc(NS(C)=O)c2)c2cc(C3=CC=C(F)CC3)[nH]c2CC1. The van der Waals surface area contributed by atoms with Gasteiger partial charge < -0.3 is 9.71 Å². The largest absolute Gasteiger partial charge is 0.358 e. The maximum Gasteiger partial charge on any atom is 0.113 e. The molecule has 150 valence electrons. The number of aliphatic imine (C=N–C) groups is 1. The van der Waals surface area contributed by atoms with Gasteiger partial charge in [-0.05, 0) is 56.0 Å². The molecule has 29 heavy (non-hydrogen) atoms. The molecule has 4 rings (SSSR count). The van der Waals surface area contributed by atoms with Crippen LogP contribution in [-0.4, -0.2) is 21.2 Å². The van der Waals surface area contributed by atoms with Gasteiger partial charge in [0.2, 0.25) is 0 Å². The van der Waals surface area contributed by atoms with Crippen LogP contribution in [0, 0.1) is 0 Å². The number of aromatic nitrogens is 1. The predicted octanol–water partition coefficient (Wildman–Crippen LogP) is 5.44. The Hall–Kier alpha value is -2.73. The fourth-order valence-corrected chi connectivity index (χ4v) is 4.13. The Bertz CT molecular complexity index is 1090. The predicted molar refractivity (Wildman–Crippen MR) is 119 cm³/mol. The van der Waals surface area contributed by atoms with Crippen LogP contribution in [-0.2, 0) is 17.4 Å². The van der Waals surface area contributed by atoms with Crippen LogP contribution in [0.1, 0.15) is 48.7 Å². The Morgan fingerprint density at radius 2 is 2.00 bits per heavy atom. The van der Waals surface area contributed by atoms with Gasteiger partial charge >= 0.3 is 0 Å². The molecule has 1 aliphatic carbocycles. The first-order chi connectivity index (χ1) is 14.0. The summed E-state index contributed by atoms with van der Waals surface area (Å²) in [5.41, 5.74) is 8.19. The van der Waals surface area contributed by atoms with Crippen molar-refractivity contribution in [1.29, 1.82) is 0 Å². The van der Waals surface area contributed by atoms with Crippen molar-refractivity contribution in [3.05, 3.63) is 82.6 Å². The third-order valence-corrected chi connectivity index (χ3v) is 5.70. The number of fused-ring (bicyclic) bond motifs is 1. The highest BCUT2D eigenvalue weighted by Crippen LogP contribution is 2.31. The summed E-state index contributed by atoms with van der Waals surface area (Å²) in [5.74, 6) is -0.0710. The average Bonchev–Trinajstić information content (AvgIpc) is 3.09. The minimum atomic E-state index is -1.14. The summed E-state index contributed by atoms with van der Waals surface area (Å²) < 4.78 is 27.9. The molecule has 0 radical (unpaired) electrons. The molecule has 1 aromatic carbocycles. The Morgan fingerprint density at radius 3 is 2.76 bits per heavy atom. The molecule has 2 aliphatic rings. The van der Waals surface area contributed by atoms with E-state index in [9.17, 15) is 8.60 Å². The van der Waals surface area contributed by atoms with Gasteiger partial charge in [0.05, 0.1) is 5.71 Å². The Kier molecular flexibility index (Phi) is 5.62. The van der Waals surface area contributed by atoms with Crippen molar-refractivity contribution in [2.75, 3.05) is 11.0 Å². The van der Waals surface area contributed by atoms with Gasteiger partial charge in [-0.1, -0.05) is 23.8 Å². The van der Waals surface area contributed by atoms with Crippen molar-refractivity contribution in [3.63, 3.8) is 0 Å². The van der Waals surface area contributed by atoms with Crippen LogP contribution in [0.4, 0.5) is 10.1 Å². The first kappa shape index (κ1) is 19.6. The van der Waals surface area contributed by atoms with Crippen molar-refractivity contribution in [3.8, 4) is 0 Å². The number of H-pyrrole nitrogens is 1. The van der Waals surface area contributed by atoms with E-state index in [0.29, 0.717) is 12.8 Å². The van der Waals surface area contributed by atoms with Crippen LogP contribution >= 0.6 is 0 Å². The molecule has 0 amide bonds. The lowest BCUT2D eigenvalue weighted by atomic mass is 9.96. The third kappa shape index (κ3) is 4.48. The number of halogens is 1. The van der Waals surface area contributed by atoms with Crippen LogP contribution in [0.15, 0.2) is 65.1 Å². The van der Waals surface area contributed by atoms with Crippen LogP contribution in [0.5, 0.6) is 0 Å². The minimum Gasteiger partial charge on any atom is -0.358 e. The quantitative estimate of drug-likeness (QED) is 0.694. The third-order valence-electron chi connectivity index (χ3n) is 5.18. The van der Waals surface area contributed by atoms with E-state index in [1.54, 1.807) is 12.3 Å². The summed E-state index contributed by atoms with van der Waals surface area (Å²) >= 11 is 0. The fraction of sp³-hybridized carbons (Fsp3) is 0.261. The highest BCUT2D eigenvalue weighted by Gasteiger charge is 2.19. The van der Waals surface area contributed by atoms with Gasteiger partial charge in [-0.2, -0.15) is 0 Å². The van der Waals surface area contributed by atoms with Crippen LogP contribution in [0.2, 0.25) is 0 Å². The number of anilines is 1. The van der Waals surface area contributed by atoms with Crippen LogP contribution in [0.3, 0.4) is 0 Å². The van der Waals surface area contributed by atoms with Gasteiger partial charge in [0.25, 0.3) is 0 Å². The number of rotatable bonds is 4. The van der Waals surface area contributed by atoms with Gasteiger partial charge in [0, 0.05) is 47.1 Å². The van der Waals surface area contributed by atoms with Crippen LogP contribution < -0.4 is 4.72 Å². The topological polar surface area (TPSA) is 57.2 Å². The van der Waals surface area contributed by atoms with Crippen molar-refractivity contribution in [1.82, 2.24) is 4.98 Å². The molecule has 1 aromatic heterocycles. The smallest absolute Gasteiger partial charge is 0.113 e. The van der Waals surface area contributed by atoms with Gasteiger partial charge in [0.1, 0.15) is 16.8 Å². The number of hydrogen-bond donors (Lipinski definition) is 2. The number of aryl methyl sites for hydroxylation is 1. The van der Waals surface area contributed by atoms with E-state index >= 15 is 0 Å². The van der Waals surface area contributed by atoms with E-state index in [1.165, 1.54) is 5.57 Å². The molecule has 2 N–H and O–H groups in total. The molecule has 0 saturated heterocycles. The highest BCUT2D eigenvalue weighted by atomic mass is 32.2. The van der Waals surface area contributed by atoms with Crippen molar-refractivity contribution in [2.24, 2.45) is 4.99 Å². The number of nitrogens with one attached hydrogen (secondary N) is 2. The van der Waals surface area contributed by atoms with Gasteiger partial charge in [-0.3, -0.25) is 4.99 Å². The van der Waals surface area contributed by atoms with E-state index < -0.39 is 11.0 Å². The van der Waals surface area contributed by atoms with E-state index in [-0.39, 0.29) is 5.83 Å². The van der Waals surface area contributed by atoms with Gasteiger partial charge in [0.15, 0.2) is 0 Å². The lowest BCUT2D eigenvalue weighted by Gasteiger charge is -2.12. The molecule has 2 aromatic rings. The first-order valence-electron chi connectivity index (χ1n) is 9.71. The fourth-order valence-electron chi connectivity index (χ4n) is 3.67. The van der Waals surface area contributed by atoms with E-state index in [2.05, 4.69) is 22.7 Å². The number of allylic oxidation sites excluding steroid dienone is 5. The Labute approximate surface area is 172 Å². The molecule has 0 bridgehead atoms. The summed E-state index contributed by atoms with van der Waals surface area (Å²) in [4.78, 5) is 8.37. The standard InChI is InChI=1S/C23H24FN3OS/c1-15-6-11-21-20(13-22(26-21)16-7-9-18(24)10-8-16)23(25-14-15)17-4-3-5-19(12-17)27-29(2)28/h3-5,7,9,12-14,26-27H,6,8,10-11H2,1-2H3. The van der Waals surface area contributed by atoms with E-state index in [0.717, 1.165) is 52.3 Å². The Balaban J connectivity index is 1.79. The zero-order valence-electron chi connectivity index (χ0n) is 16.6. The molecule has 0 fully saturated rings. The summed E-state index contributed by atoms with van der Waals surface area (Å²) in [6.07, 6.45) is 9.92. The zero-order chi connectivity index (χ0) is 20.4. The van der Waals surface area contributed by atoms with Crippen molar-refractivity contribution < 1.29 is 8.60 Å². The van der Waals surface area contributed by atoms with E-state index in [1.807, 2.05) is 36.5 Å². The number of hydrogen-bond acceptors (Lipinski definition) is 2. The number of aromatic amines is 1. The highest BCUT2D eigenvalue weighted by molar-refractivity contribution is 7.85. The zero-order valence-corrected chi connectivity index (χ0v) is 17.4. The van der Waals surface area contributed by atoms with Crippen molar-refractivity contribution in [2.45, 2.75) is 32.6 Å². The lowest BCUT2D eigenvalue weighted by molar-refractivity contribution is 0.590. The number of benzene rings is 1. The molecule has 0 spiro atoms. The van der Waals surface area contributed by atoms with Crippen LogP contribution in [0.25, 0.3) is 5.57 Å². The maximum absolute atomic E-state index is 13.4. The van der Waals surface area contributed by atoms with Crippen molar-refractivity contribution >= 4 is 28.0 Å². The molecular formula is C23H24FN3OS. The molecule has 1 unspecified atom stereocenters. The first-order valence-corrected chi connectivity index (χ1v) is 11.3. The molecule has 2 heterocycles. The lowest BCUT2D eigenvalue weighted by Crippen LogP contribution is -2.08. The number of nitrogens with zero attached hydrogens (tertiary/aromatic N) is 1. The summed E-state index contributed by atoms with van der Waals surface area (Å²) in [6, 6.07) is 9.95. The second-order valence-electron chi connectivity index (χ2n) is 7.47. The van der Waals surface area contributed by atoms with Gasteiger partial charge in [-0.25, -0.2) is 8.60 Å². The average molecular weight is 410 g/mol. The second kappa shape index (κ2) is 8.33. The monoisotopic (exact) mass is 409 g/mol.